The maximum absolute atomic E-state index is 11.8. The van der Waals surface area contributed by atoms with Crippen LogP contribution in [0.3, 0.4) is 0 Å². The normalized spacial score (nSPS) is 20.3. The Labute approximate surface area is 97.6 Å². The minimum absolute atomic E-state index is 0.0171. The van der Waals surface area contributed by atoms with E-state index in [1.165, 1.54) is 0 Å². The standard InChI is InChI=1S/C12H24N2O2/c1-9(2)6-10(7-13)11(15)14-8-12(16)4-3-5-12/h9-10,16H,3-8,13H2,1-2H3,(H,14,15). The highest BCUT2D eigenvalue weighted by Crippen LogP contribution is 2.30. The second-order valence-corrected chi connectivity index (χ2v) is 5.36. The number of amides is 1. The summed E-state index contributed by atoms with van der Waals surface area (Å²) in [7, 11) is 0. The second kappa shape index (κ2) is 5.64. The van der Waals surface area contributed by atoms with Gasteiger partial charge in [-0.05, 0) is 31.6 Å². The largest absolute Gasteiger partial charge is 0.388 e. The van der Waals surface area contributed by atoms with Crippen LogP contribution in [0.25, 0.3) is 0 Å². The van der Waals surface area contributed by atoms with Crippen molar-refractivity contribution in [1.82, 2.24) is 5.32 Å². The van der Waals surface area contributed by atoms with Crippen LogP contribution in [-0.2, 0) is 4.79 Å². The Hall–Kier alpha value is -0.610. The van der Waals surface area contributed by atoms with Crippen LogP contribution in [-0.4, -0.2) is 29.7 Å². The van der Waals surface area contributed by atoms with E-state index in [2.05, 4.69) is 19.2 Å². The number of nitrogens with two attached hydrogens (primary N) is 1. The molecule has 1 fully saturated rings. The zero-order valence-electron chi connectivity index (χ0n) is 10.3. The molecule has 1 rings (SSSR count). The SMILES string of the molecule is CC(C)CC(CN)C(=O)NCC1(O)CCC1. The summed E-state index contributed by atoms with van der Waals surface area (Å²) in [6, 6.07) is 0. The summed E-state index contributed by atoms with van der Waals surface area (Å²) in [5.41, 5.74) is 4.94. The van der Waals surface area contributed by atoms with Crippen molar-refractivity contribution in [3.05, 3.63) is 0 Å². The molecular weight excluding hydrogens is 204 g/mol. The monoisotopic (exact) mass is 228 g/mol. The number of aliphatic hydroxyl groups is 1. The summed E-state index contributed by atoms with van der Waals surface area (Å²) in [6.45, 7) is 4.91. The van der Waals surface area contributed by atoms with Crippen molar-refractivity contribution in [1.29, 1.82) is 0 Å². The maximum Gasteiger partial charge on any atom is 0.224 e. The molecule has 1 saturated carbocycles. The minimum atomic E-state index is -0.646. The predicted octanol–water partition coefficient (Wildman–Crippen LogP) is 0.639. The van der Waals surface area contributed by atoms with Crippen molar-refractivity contribution in [3.63, 3.8) is 0 Å². The quantitative estimate of drug-likeness (QED) is 0.624. The fourth-order valence-electron chi connectivity index (χ4n) is 2.04. The molecule has 0 spiro atoms. The molecule has 1 aliphatic rings. The minimum Gasteiger partial charge on any atom is -0.388 e. The van der Waals surface area contributed by atoms with E-state index >= 15 is 0 Å². The first-order valence-corrected chi connectivity index (χ1v) is 6.17. The van der Waals surface area contributed by atoms with E-state index in [-0.39, 0.29) is 11.8 Å². The topological polar surface area (TPSA) is 75.4 Å². The van der Waals surface area contributed by atoms with Crippen LogP contribution in [0.2, 0.25) is 0 Å². The molecule has 4 N–H and O–H groups in total. The molecule has 0 bridgehead atoms. The molecule has 1 aliphatic carbocycles. The second-order valence-electron chi connectivity index (χ2n) is 5.36. The summed E-state index contributed by atoms with van der Waals surface area (Å²) in [5, 5.41) is 12.7. The lowest BCUT2D eigenvalue weighted by atomic mass is 9.80. The zero-order chi connectivity index (χ0) is 12.2. The first-order chi connectivity index (χ1) is 7.47. The van der Waals surface area contributed by atoms with Gasteiger partial charge in [0, 0.05) is 13.1 Å². The molecule has 0 aromatic carbocycles. The van der Waals surface area contributed by atoms with Gasteiger partial charge in [0.15, 0.2) is 0 Å². The fourth-order valence-corrected chi connectivity index (χ4v) is 2.04. The first-order valence-electron chi connectivity index (χ1n) is 6.17. The van der Waals surface area contributed by atoms with Crippen molar-refractivity contribution in [2.45, 2.75) is 45.1 Å². The summed E-state index contributed by atoms with van der Waals surface area (Å²) < 4.78 is 0. The lowest BCUT2D eigenvalue weighted by Crippen LogP contribution is -2.49. The Bertz CT molecular complexity index is 237. The molecule has 0 radical (unpaired) electrons. The van der Waals surface area contributed by atoms with E-state index in [0.717, 1.165) is 25.7 Å². The number of hydrogen-bond acceptors (Lipinski definition) is 3. The average molecular weight is 228 g/mol. The van der Waals surface area contributed by atoms with Crippen LogP contribution >= 0.6 is 0 Å². The van der Waals surface area contributed by atoms with Crippen LogP contribution in [0.1, 0.15) is 39.5 Å². The fraction of sp³-hybridized carbons (Fsp3) is 0.917. The number of hydrogen-bond donors (Lipinski definition) is 3. The summed E-state index contributed by atoms with van der Waals surface area (Å²) >= 11 is 0. The molecule has 1 amide bonds. The first kappa shape index (κ1) is 13.5. The average Bonchev–Trinajstić information content (AvgIpc) is 2.19. The van der Waals surface area contributed by atoms with Gasteiger partial charge in [0.05, 0.1) is 11.5 Å². The highest BCUT2D eigenvalue weighted by molar-refractivity contribution is 5.78. The van der Waals surface area contributed by atoms with Crippen LogP contribution in [0.4, 0.5) is 0 Å². The Balaban J connectivity index is 2.31. The van der Waals surface area contributed by atoms with Gasteiger partial charge >= 0.3 is 0 Å². The smallest absolute Gasteiger partial charge is 0.224 e. The molecular formula is C12H24N2O2. The third-order valence-electron chi connectivity index (χ3n) is 3.29. The lowest BCUT2D eigenvalue weighted by Gasteiger charge is -2.37. The van der Waals surface area contributed by atoms with Crippen molar-refractivity contribution in [2.75, 3.05) is 13.1 Å². The molecule has 94 valence electrons. The van der Waals surface area contributed by atoms with Gasteiger partial charge in [-0.25, -0.2) is 0 Å². The van der Waals surface area contributed by atoms with E-state index in [1.807, 2.05) is 0 Å². The molecule has 0 heterocycles. The third kappa shape index (κ3) is 3.76. The van der Waals surface area contributed by atoms with Crippen LogP contribution in [0.15, 0.2) is 0 Å². The number of nitrogens with one attached hydrogen (secondary N) is 1. The van der Waals surface area contributed by atoms with Gasteiger partial charge in [0.1, 0.15) is 0 Å². The van der Waals surface area contributed by atoms with Gasteiger partial charge in [-0.2, -0.15) is 0 Å². The van der Waals surface area contributed by atoms with Crippen molar-refractivity contribution in [3.8, 4) is 0 Å². The van der Waals surface area contributed by atoms with Crippen molar-refractivity contribution < 1.29 is 9.90 Å². The molecule has 0 aromatic rings. The Kier molecular flexibility index (Phi) is 4.74. The van der Waals surface area contributed by atoms with Crippen LogP contribution in [0, 0.1) is 11.8 Å². The predicted molar refractivity (Wildman–Crippen MR) is 63.8 cm³/mol. The van der Waals surface area contributed by atoms with E-state index in [1.54, 1.807) is 0 Å². The molecule has 4 nitrogen and oxygen atoms in total. The summed E-state index contributed by atoms with van der Waals surface area (Å²) in [5.74, 6) is 0.325. The molecule has 0 aromatic heterocycles. The highest BCUT2D eigenvalue weighted by atomic mass is 16.3. The number of rotatable bonds is 6. The molecule has 1 atom stereocenters. The number of carbonyl (C=O) groups is 1. The van der Waals surface area contributed by atoms with Crippen molar-refractivity contribution >= 4 is 5.91 Å². The molecule has 16 heavy (non-hydrogen) atoms. The van der Waals surface area contributed by atoms with E-state index < -0.39 is 5.60 Å². The van der Waals surface area contributed by atoms with Gasteiger partial charge in [-0.1, -0.05) is 13.8 Å². The summed E-state index contributed by atoms with van der Waals surface area (Å²) in [4.78, 5) is 11.8. The highest BCUT2D eigenvalue weighted by Gasteiger charge is 2.35. The Morgan fingerprint density at radius 3 is 2.50 bits per heavy atom. The van der Waals surface area contributed by atoms with Gasteiger partial charge in [0.25, 0.3) is 0 Å². The van der Waals surface area contributed by atoms with Gasteiger partial charge in [0.2, 0.25) is 5.91 Å². The Morgan fingerprint density at radius 2 is 2.12 bits per heavy atom. The zero-order valence-corrected chi connectivity index (χ0v) is 10.3. The Morgan fingerprint density at radius 1 is 1.50 bits per heavy atom. The van der Waals surface area contributed by atoms with Crippen LogP contribution in [0.5, 0.6) is 0 Å². The van der Waals surface area contributed by atoms with Gasteiger partial charge in [-0.3, -0.25) is 4.79 Å². The van der Waals surface area contributed by atoms with Gasteiger partial charge in [-0.15, -0.1) is 0 Å². The number of carbonyl (C=O) groups excluding carboxylic acids is 1. The molecule has 0 aliphatic heterocycles. The van der Waals surface area contributed by atoms with E-state index in [4.69, 9.17) is 5.73 Å². The van der Waals surface area contributed by atoms with E-state index in [0.29, 0.717) is 19.0 Å². The molecule has 1 unspecified atom stereocenters. The lowest BCUT2D eigenvalue weighted by molar-refractivity contribution is -0.127. The summed E-state index contributed by atoms with van der Waals surface area (Å²) in [6.07, 6.45) is 3.45. The molecule has 4 heteroatoms. The van der Waals surface area contributed by atoms with Crippen LogP contribution < -0.4 is 11.1 Å². The molecule has 0 saturated heterocycles. The maximum atomic E-state index is 11.8. The van der Waals surface area contributed by atoms with Gasteiger partial charge < -0.3 is 16.2 Å². The van der Waals surface area contributed by atoms with E-state index in [9.17, 15) is 9.90 Å². The third-order valence-corrected chi connectivity index (χ3v) is 3.29. The van der Waals surface area contributed by atoms with Crippen molar-refractivity contribution in [2.24, 2.45) is 17.6 Å².